The van der Waals surface area contributed by atoms with Gasteiger partial charge in [-0.15, -0.1) is 0 Å². The lowest BCUT2D eigenvalue weighted by molar-refractivity contribution is -0.121. The van der Waals surface area contributed by atoms with Crippen LogP contribution >= 0.6 is 12.2 Å². The molecule has 0 aliphatic rings. The van der Waals surface area contributed by atoms with Gasteiger partial charge in [0.2, 0.25) is 5.91 Å². The van der Waals surface area contributed by atoms with Crippen molar-refractivity contribution in [1.82, 2.24) is 14.9 Å². The van der Waals surface area contributed by atoms with Crippen molar-refractivity contribution in [3.05, 3.63) is 16.7 Å². The van der Waals surface area contributed by atoms with Gasteiger partial charge >= 0.3 is 0 Å². The highest BCUT2D eigenvalue weighted by Crippen LogP contribution is 2.01. The molecule has 90 valence electrons. The summed E-state index contributed by atoms with van der Waals surface area (Å²) >= 11 is 5.11. The Kier molecular flexibility index (Phi) is 4.73. The molecule has 16 heavy (non-hydrogen) atoms. The number of aryl methyl sites for hydroxylation is 1. The SMILES string of the molecule is Cc1c[nH]c(=S)n1CCC(=O)NCC(C)C. The van der Waals surface area contributed by atoms with Crippen LogP contribution in [0, 0.1) is 17.6 Å². The van der Waals surface area contributed by atoms with E-state index in [9.17, 15) is 4.79 Å². The number of imidazole rings is 1. The second-order valence-corrected chi connectivity index (χ2v) is 4.72. The van der Waals surface area contributed by atoms with Crippen molar-refractivity contribution >= 4 is 18.1 Å². The minimum absolute atomic E-state index is 0.0798. The third kappa shape index (κ3) is 3.81. The monoisotopic (exact) mass is 241 g/mol. The van der Waals surface area contributed by atoms with E-state index >= 15 is 0 Å². The summed E-state index contributed by atoms with van der Waals surface area (Å²) in [6, 6.07) is 0. The molecule has 0 fully saturated rings. The number of H-pyrrole nitrogens is 1. The molecule has 5 heteroatoms. The number of hydrogen-bond acceptors (Lipinski definition) is 2. The molecule has 0 unspecified atom stereocenters. The van der Waals surface area contributed by atoms with Gasteiger partial charge in [-0.1, -0.05) is 13.8 Å². The summed E-state index contributed by atoms with van der Waals surface area (Å²) in [7, 11) is 0. The molecule has 1 aromatic rings. The average molecular weight is 241 g/mol. The van der Waals surface area contributed by atoms with Crippen LogP contribution in [0.1, 0.15) is 26.0 Å². The Balaban J connectivity index is 2.40. The zero-order chi connectivity index (χ0) is 12.1. The second kappa shape index (κ2) is 5.84. The van der Waals surface area contributed by atoms with Crippen LogP contribution < -0.4 is 5.32 Å². The predicted molar refractivity (Wildman–Crippen MR) is 66.8 cm³/mol. The quantitative estimate of drug-likeness (QED) is 0.775. The summed E-state index contributed by atoms with van der Waals surface area (Å²) in [5.41, 5.74) is 1.06. The normalized spacial score (nSPS) is 10.8. The van der Waals surface area contributed by atoms with E-state index in [1.807, 2.05) is 17.7 Å². The van der Waals surface area contributed by atoms with Gasteiger partial charge in [0.25, 0.3) is 0 Å². The number of aromatic nitrogens is 2. The summed E-state index contributed by atoms with van der Waals surface area (Å²) < 4.78 is 2.61. The molecule has 0 radical (unpaired) electrons. The molecular weight excluding hydrogens is 222 g/mol. The molecule has 0 aliphatic heterocycles. The van der Waals surface area contributed by atoms with Crippen molar-refractivity contribution in [2.24, 2.45) is 5.92 Å². The molecule has 0 atom stereocenters. The van der Waals surface area contributed by atoms with E-state index in [0.29, 0.717) is 23.7 Å². The predicted octanol–water partition coefficient (Wildman–Crippen LogP) is 2.02. The first-order valence-electron chi connectivity index (χ1n) is 5.52. The minimum Gasteiger partial charge on any atom is -0.356 e. The largest absolute Gasteiger partial charge is 0.356 e. The zero-order valence-corrected chi connectivity index (χ0v) is 10.9. The van der Waals surface area contributed by atoms with Crippen LogP contribution in [-0.2, 0) is 11.3 Å². The highest BCUT2D eigenvalue weighted by molar-refractivity contribution is 7.71. The molecule has 0 spiro atoms. The molecule has 0 bridgehead atoms. The van der Waals surface area contributed by atoms with E-state index in [1.54, 1.807) is 0 Å². The van der Waals surface area contributed by atoms with Gasteiger partial charge in [0, 0.05) is 31.4 Å². The van der Waals surface area contributed by atoms with Gasteiger partial charge in [0.05, 0.1) is 0 Å². The first-order chi connectivity index (χ1) is 7.50. The number of aromatic amines is 1. The number of nitrogens with zero attached hydrogens (tertiary/aromatic N) is 1. The Morgan fingerprint density at radius 2 is 2.31 bits per heavy atom. The van der Waals surface area contributed by atoms with Gasteiger partial charge in [0.15, 0.2) is 4.77 Å². The number of amides is 1. The van der Waals surface area contributed by atoms with E-state index in [4.69, 9.17) is 12.2 Å². The average Bonchev–Trinajstić information content (AvgIpc) is 2.53. The number of carbonyl (C=O) groups is 1. The Bertz CT molecular complexity index is 406. The number of rotatable bonds is 5. The van der Waals surface area contributed by atoms with Crippen LogP contribution in [0.2, 0.25) is 0 Å². The van der Waals surface area contributed by atoms with E-state index in [2.05, 4.69) is 24.1 Å². The topological polar surface area (TPSA) is 49.8 Å². The summed E-state index contributed by atoms with van der Waals surface area (Å²) in [4.78, 5) is 14.5. The summed E-state index contributed by atoms with van der Waals surface area (Å²) in [6.07, 6.45) is 2.33. The smallest absolute Gasteiger partial charge is 0.221 e. The van der Waals surface area contributed by atoms with Crippen molar-refractivity contribution < 1.29 is 4.79 Å². The van der Waals surface area contributed by atoms with Crippen molar-refractivity contribution in [2.45, 2.75) is 33.7 Å². The maximum absolute atomic E-state index is 11.5. The number of nitrogens with one attached hydrogen (secondary N) is 2. The van der Waals surface area contributed by atoms with Crippen LogP contribution in [0.4, 0.5) is 0 Å². The summed E-state index contributed by atoms with van der Waals surface area (Å²) in [6.45, 7) is 7.49. The maximum Gasteiger partial charge on any atom is 0.221 e. The van der Waals surface area contributed by atoms with Crippen molar-refractivity contribution in [3.8, 4) is 0 Å². The molecule has 0 saturated heterocycles. The van der Waals surface area contributed by atoms with Crippen LogP contribution in [0.15, 0.2) is 6.20 Å². The van der Waals surface area contributed by atoms with Crippen LogP contribution in [0.25, 0.3) is 0 Å². The van der Waals surface area contributed by atoms with Crippen molar-refractivity contribution in [3.63, 3.8) is 0 Å². The van der Waals surface area contributed by atoms with Crippen LogP contribution in [0.5, 0.6) is 0 Å². The van der Waals surface area contributed by atoms with E-state index in [0.717, 1.165) is 12.2 Å². The van der Waals surface area contributed by atoms with E-state index in [-0.39, 0.29) is 5.91 Å². The van der Waals surface area contributed by atoms with E-state index < -0.39 is 0 Å². The van der Waals surface area contributed by atoms with Gasteiger partial charge < -0.3 is 14.9 Å². The third-order valence-electron chi connectivity index (χ3n) is 2.35. The van der Waals surface area contributed by atoms with Crippen molar-refractivity contribution in [2.75, 3.05) is 6.54 Å². The molecule has 1 aromatic heterocycles. The zero-order valence-electron chi connectivity index (χ0n) is 10.0. The first kappa shape index (κ1) is 13.0. The standard InChI is InChI=1S/C11H19N3OS/c1-8(2)6-12-10(15)4-5-14-9(3)7-13-11(14)16/h7-8H,4-6H2,1-3H3,(H,12,15)(H,13,16). The summed E-state index contributed by atoms with van der Waals surface area (Å²) in [5, 5.41) is 2.89. The first-order valence-corrected chi connectivity index (χ1v) is 5.93. The molecule has 1 amide bonds. The lowest BCUT2D eigenvalue weighted by Gasteiger charge is -2.08. The fourth-order valence-corrected chi connectivity index (χ4v) is 1.67. The Morgan fingerprint density at radius 3 is 2.81 bits per heavy atom. The van der Waals surface area contributed by atoms with Gasteiger partial charge in [-0.05, 0) is 25.1 Å². The molecule has 0 saturated carbocycles. The number of hydrogen-bond donors (Lipinski definition) is 2. The minimum atomic E-state index is 0.0798. The third-order valence-corrected chi connectivity index (χ3v) is 2.68. The highest BCUT2D eigenvalue weighted by atomic mass is 32.1. The molecule has 0 aromatic carbocycles. The number of carbonyl (C=O) groups excluding carboxylic acids is 1. The van der Waals surface area contributed by atoms with Crippen molar-refractivity contribution in [1.29, 1.82) is 0 Å². The van der Waals surface area contributed by atoms with Gasteiger partial charge in [-0.2, -0.15) is 0 Å². The van der Waals surface area contributed by atoms with Gasteiger partial charge in [-0.25, -0.2) is 0 Å². The summed E-state index contributed by atoms with van der Waals surface area (Å²) in [5.74, 6) is 0.566. The molecule has 0 aliphatic carbocycles. The molecular formula is C11H19N3OS. The second-order valence-electron chi connectivity index (χ2n) is 4.33. The Hall–Kier alpha value is -1.10. The van der Waals surface area contributed by atoms with E-state index in [1.165, 1.54) is 0 Å². The fraction of sp³-hybridized carbons (Fsp3) is 0.636. The lowest BCUT2D eigenvalue weighted by Crippen LogP contribution is -2.28. The Labute approximate surface area is 101 Å². The molecule has 1 rings (SSSR count). The van der Waals surface area contributed by atoms with Gasteiger partial charge in [-0.3, -0.25) is 4.79 Å². The van der Waals surface area contributed by atoms with Crippen LogP contribution in [0.3, 0.4) is 0 Å². The van der Waals surface area contributed by atoms with Gasteiger partial charge in [0.1, 0.15) is 0 Å². The Morgan fingerprint density at radius 1 is 1.62 bits per heavy atom. The molecule has 1 heterocycles. The highest BCUT2D eigenvalue weighted by Gasteiger charge is 2.04. The molecule has 2 N–H and O–H groups in total. The van der Waals surface area contributed by atoms with Crippen LogP contribution in [-0.4, -0.2) is 22.0 Å². The fourth-order valence-electron chi connectivity index (χ4n) is 1.38. The maximum atomic E-state index is 11.5. The lowest BCUT2D eigenvalue weighted by atomic mass is 10.2. The molecule has 4 nitrogen and oxygen atoms in total.